The molecular formula is C10H6N2O4. The molecule has 6 nitrogen and oxygen atoms in total. The highest BCUT2D eigenvalue weighted by molar-refractivity contribution is 5.84. The van der Waals surface area contributed by atoms with E-state index in [0.717, 1.165) is 0 Å². The van der Waals surface area contributed by atoms with Gasteiger partial charge < -0.3 is 9.15 Å². The van der Waals surface area contributed by atoms with Crippen LogP contribution < -0.4 is 4.74 Å². The Labute approximate surface area is 89.8 Å². The van der Waals surface area contributed by atoms with E-state index in [2.05, 4.69) is 0 Å². The summed E-state index contributed by atoms with van der Waals surface area (Å²) >= 11 is 0. The highest BCUT2D eigenvalue weighted by atomic mass is 16.6. The van der Waals surface area contributed by atoms with Crippen LogP contribution in [0.5, 0.6) is 5.75 Å². The molecule has 2 rings (SSSR count). The van der Waals surface area contributed by atoms with Crippen LogP contribution in [0.15, 0.2) is 22.6 Å². The minimum Gasteiger partial charge on any atom is -0.490 e. The van der Waals surface area contributed by atoms with Crippen molar-refractivity contribution >= 4 is 16.7 Å². The van der Waals surface area contributed by atoms with Crippen molar-refractivity contribution < 1.29 is 14.1 Å². The fourth-order valence-corrected chi connectivity index (χ4v) is 1.42. The van der Waals surface area contributed by atoms with Gasteiger partial charge in [0.05, 0.1) is 12.0 Å². The van der Waals surface area contributed by atoms with Gasteiger partial charge in [0.25, 0.3) is 0 Å². The molecule has 1 aromatic heterocycles. The predicted molar refractivity (Wildman–Crippen MR) is 54.1 cm³/mol. The maximum absolute atomic E-state index is 10.7. The van der Waals surface area contributed by atoms with E-state index in [1.54, 1.807) is 0 Å². The highest BCUT2D eigenvalue weighted by Crippen LogP contribution is 2.33. The van der Waals surface area contributed by atoms with Crippen LogP contribution >= 0.6 is 0 Å². The third-order valence-electron chi connectivity index (χ3n) is 2.12. The van der Waals surface area contributed by atoms with E-state index < -0.39 is 4.92 Å². The number of ether oxygens (including phenoxy) is 1. The van der Waals surface area contributed by atoms with E-state index in [0.29, 0.717) is 11.0 Å². The molecule has 0 bridgehead atoms. The summed E-state index contributed by atoms with van der Waals surface area (Å²) in [5.74, 6) is 0.217. The number of nitrogens with zero attached hydrogens (tertiary/aromatic N) is 2. The van der Waals surface area contributed by atoms with Gasteiger partial charge >= 0.3 is 5.69 Å². The number of nitro benzene ring substituents is 1. The summed E-state index contributed by atoms with van der Waals surface area (Å²) in [6.07, 6.45) is 0. The lowest BCUT2D eigenvalue weighted by Crippen LogP contribution is -1.92. The topological polar surface area (TPSA) is 89.3 Å². The van der Waals surface area contributed by atoms with Crippen LogP contribution in [-0.2, 0) is 0 Å². The normalized spacial score (nSPS) is 10.0. The summed E-state index contributed by atoms with van der Waals surface area (Å²) in [6.45, 7) is 0. The standard InChI is InChI=1S/C10H6N2O4/c1-15-10-4-9-6(2-7(5-11)16-9)3-8(10)12(13)14/h2-4H,1H3. The zero-order valence-electron chi connectivity index (χ0n) is 8.26. The quantitative estimate of drug-likeness (QED) is 0.569. The van der Waals surface area contributed by atoms with Crippen LogP contribution in [0.2, 0.25) is 0 Å². The van der Waals surface area contributed by atoms with Crippen LogP contribution in [0, 0.1) is 21.4 Å². The van der Waals surface area contributed by atoms with Gasteiger partial charge in [-0.3, -0.25) is 10.1 Å². The average Bonchev–Trinajstić information content (AvgIpc) is 2.68. The summed E-state index contributed by atoms with van der Waals surface area (Å²) < 4.78 is 10.0. The van der Waals surface area contributed by atoms with Crippen molar-refractivity contribution in [3.63, 3.8) is 0 Å². The second-order valence-corrected chi connectivity index (χ2v) is 3.04. The minimum atomic E-state index is -0.544. The van der Waals surface area contributed by atoms with E-state index in [1.165, 1.54) is 25.3 Å². The molecule has 0 fully saturated rings. The number of rotatable bonds is 2. The molecule has 2 aromatic rings. The summed E-state index contributed by atoms with van der Waals surface area (Å²) in [6, 6.07) is 5.99. The van der Waals surface area contributed by atoms with Crippen molar-refractivity contribution in [2.75, 3.05) is 7.11 Å². The van der Waals surface area contributed by atoms with Gasteiger partial charge in [-0.15, -0.1) is 0 Å². The van der Waals surface area contributed by atoms with Gasteiger partial charge in [0.1, 0.15) is 11.7 Å². The third kappa shape index (κ3) is 1.44. The molecule has 0 radical (unpaired) electrons. The van der Waals surface area contributed by atoms with Gasteiger partial charge in [-0.25, -0.2) is 0 Å². The number of nitro groups is 1. The van der Waals surface area contributed by atoms with Crippen LogP contribution in [0.3, 0.4) is 0 Å². The van der Waals surface area contributed by atoms with Gasteiger partial charge in [-0.05, 0) is 0 Å². The van der Waals surface area contributed by atoms with E-state index >= 15 is 0 Å². The highest BCUT2D eigenvalue weighted by Gasteiger charge is 2.17. The monoisotopic (exact) mass is 218 g/mol. The number of benzene rings is 1. The second-order valence-electron chi connectivity index (χ2n) is 3.04. The van der Waals surface area contributed by atoms with Crippen molar-refractivity contribution in [2.24, 2.45) is 0 Å². The molecule has 1 heterocycles. The predicted octanol–water partition coefficient (Wildman–Crippen LogP) is 2.22. The average molecular weight is 218 g/mol. The molecule has 0 aliphatic rings. The Kier molecular flexibility index (Phi) is 2.21. The van der Waals surface area contributed by atoms with Gasteiger partial charge in [0, 0.05) is 23.6 Å². The molecule has 16 heavy (non-hydrogen) atoms. The summed E-state index contributed by atoms with van der Waals surface area (Å²) in [7, 11) is 1.34. The Bertz CT molecular complexity index is 609. The number of furan rings is 1. The van der Waals surface area contributed by atoms with Crippen molar-refractivity contribution in [1.29, 1.82) is 5.26 Å². The van der Waals surface area contributed by atoms with Crippen LogP contribution in [0.4, 0.5) is 5.69 Å². The Balaban J connectivity index is 2.73. The molecule has 0 amide bonds. The maximum Gasteiger partial charge on any atom is 0.311 e. The van der Waals surface area contributed by atoms with Gasteiger partial charge in [0.15, 0.2) is 0 Å². The van der Waals surface area contributed by atoms with E-state index in [-0.39, 0.29) is 17.2 Å². The first-order valence-electron chi connectivity index (χ1n) is 4.32. The second kappa shape index (κ2) is 3.55. The van der Waals surface area contributed by atoms with Gasteiger partial charge in [0.2, 0.25) is 11.5 Å². The molecule has 0 aliphatic carbocycles. The molecule has 6 heteroatoms. The van der Waals surface area contributed by atoms with Crippen molar-refractivity contribution in [2.45, 2.75) is 0 Å². The van der Waals surface area contributed by atoms with Crippen LogP contribution in [0.1, 0.15) is 5.76 Å². The lowest BCUT2D eigenvalue weighted by atomic mass is 10.2. The Hall–Kier alpha value is -2.55. The van der Waals surface area contributed by atoms with E-state index in [1.807, 2.05) is 6.07 Å². The van der Waals surface area contributed by atoms with Crippen molar-refractivity contribution in [1.82, 2.24) is 0 Å². The molecule has 0 saturated heterocycles. The first kappa shape index (κ1) is 9.98. The first-order valence-corrected chi connectivity index (χ1v) is 4.32. The van der Waals surface area contributed by atoms with Gasteiger partial charge in [-0.1, -0.05) is 0 Å². The molecule has 0 aliphatic heterocycles. The number of methoxy groups -OCH3 is 1. The minimum absolute atomic E-state index is 0.108. The molecular weight excluding hydrogens is 212 g/mol. The fourth-order valence-electron chi connectivity index (χ4n) is 1.42. The number of hydrogen-bond acceptors (Lipinski definition) is 5. The maximum atomic E-state index is 10.7. The first-order chi connectivity index (χ1) is 7.65. The molecule has 0 saturated carbocycles. The molecule has 0 unspecified atom stereocenters. The van der Waals surface area contributed by atoms with Crippen molar-refractivity contribution in [3.8, 4) is 11.8 Å². The van der Waals surface area contributed by atoms with E-state index in [9.17, 15) is 10.1 Å². The molecule has 0 atom stereocenters. The largest absolute Gasteiger partial charge is 0.490 e. The van der Waals surface area contributed by atoms with Crippen LogP contribution in [0.25, 0.3) is 11.0 Å². The lowest BCUT2D eigenvalue weighted by Gasteiger charge is -2.00. The molecule has 0 N–H and O–H groups in total. The Morgan fingerprint density at radius 3 is 2.81 bits per heavy atom. The smallest absolute Gasteiger partial charge is 0.311 e. The third-order valence-corrected chi connectivity index (χ3v) is 2.12. The SMILES string of the molecule is COc1cc2oc(C#N)cc2cc1[N+](=O)[O-]. The number of nitriles is 1. The summed E-state index contributed by atoms with van der Waals surface area (Å²) in [4.78, 5) is 10.2. The molecule has 0 spiro atoms. The fraction of sp³-hybridized carbons (Fsp3) is 0.100. The summed E-state index contributed by atoms with van der Waals surface area (Å²) in [5, 5.41) is 19.9. The van der Waals surface area contributed by atoms with Crippen molar-refractivity contribution in [3.05, 3.63) is 34.1 Å². The number of hydrogen-bond donors (Lipinski definition) is 0. The molecule has 1 aromatic carbocycles. The Morgan fingerprint density at radius 2 is 2.25 bits per heavy atom. The zero-order chi connectivity index (χ0) is 11.7. The van der Waals surface area contributed by atoms with Crippen LogP contribution in [-0.4, -0.2) is 12.0 Å². The molecule has 80 valence electrons. The zero-order valence-corrected chi connectivity index (χ0v) is 8.26. The van der Waals surface area contributed by atoms with E-state index in [4.69, 9.17) is 14.4 Å². The summed E-state index contributed by atoms with van der Waals surface area (Å²) in [5.41, 5.74) is 0.235. The number of fused-ring (bicyclic) bond motifs is 1. The van der Waals surface area contributed by atoms with Gasteiger partial charge in [-0.2, -0.15) is 5.26 Å². The Morgan fingerprint density at radius 1 is 1.50 bits per heavy atom. The lowest BCUT2D eigenvalue weighted by molar-refractivity contribution is -0.385.